The van der Waals surface area contributed by atoms with E-state index < -0.39 is 6.04 Å². The van der Waals surface area contributed by atoms with Gasteiger partial charge in [-0.1, -0.05) is 35.9 Å². The minimum absolute atomic E-state index is 0.0568. The number of carbonyl (C=O) groups excluding carboxylic acids is 2. The van der Waals surface area contributed by atoms with E-state index in [9.17, 15) is 14.4 Å². The number of pyridine rings is 1. The zero-order chi connectivity index (χ0) is 22.9. The third-order valence-electron chi connectivity index (χ3n) is 7.57. The average molecular weight is 449 g/mol. The molecule has 3 aliphatic heterocycles. The van der Waals surface area contributed by atoms with Crippen molar-refractivity contribution in [2.24, 2.45) is 11.8 Å². The highest BCUT2D eigenvalue weighted by Crippen LogP contribution is 2.42. The Labute approximate surface area is 194 Å². The SMILES string of the molecule is Cc1ccc(CNC(=O)[C@H]2[C@H]3C[C@H](CN(Cc4ccc[nH]c4=O)C3)[C@@H]3CCCC(=O)N32)cc1. The minimum Gasteiger partial charge on any atom is -0.350 e. The monoisotopic (exact) mass is 448 g/mol. The zero-order valence-corrected chi connectivity index (χ0v) is 19.1. The summed E-state index contributed by atoms with van der Waals surface area (Å²) in [4.78, 5) is 45.7. The van der Waals surface area contributed by atoms with Crippen molar-refractivity contribution in [1.82, 2.24) is 20.1 Å². The second-order valence-electron chi connectivity index (χ2n) is 9.88. The van der Waals surface area contributed by atoms with Crippen LogP contribution >= 0.6 is 0 Å². The fourth-order valence-electron chi connectivity index (χ4n) is 6.04. The van der Waals surface area contributed by atoms with Gasteiger partial charge in [-0.05, 0) is 43.7 Å². The molecule has 3 aliphatic rings. The zero-order valence-electron chi connectivity index (χ0n) is 19.1. The first-order valence-electron chi connectivity index (χ1n) is 12.0. The van der Waals surface area contributed by atoms with E-state index >= 15 is 0 Å². The van der Waals surface area contributed by atoms with Crippen LogP contribution < -0.4 is 10.9 Å². The fourth-order valence-corrected chi connectivity index (χ4v) is 6.04. The van der Waals surface area contributed by atoms with Crippen LogP contribution in [0.5, 0.6) is 0 Å². The molecule has 3 saturated heterocycles. The van der Waals surface area contributed by atoms with E-state index in [4.69, 9.17) is 0 Å². The maximum Gasteiger partial charge on any atom is 0.252 e. The Morgan fingerprint density at radius 1 is 1.12 bits per heavy atom. The molecule has 2 aromatic rings. The van der Waals surface area contributed by atoms with Gasteiger partial charge in [-0.25, -0.2) is 0 Å². The Morgan fingerprint density at radius 2 is 1.91 bits per heavy atom. The molecule has 3 fully saturated rings. The number of hydrogen-bond donors (Lipinski definition) is 2. The molecule has 0 radical (unpaired) electrons. The van der Waals surface area contributed by atoms with Gasteiger partial charge in [-0.2, -0.15) is 0 Å². The van der Waals surface area contributed by atoms with Gasteiger partial charge in [0.2, 0.25) is 11.8 Å². The largest absolute Gasteiger partial charge is 0.350 e. The van der Waals surface area contributed by atoms with Crippen molar-refractivity contribution in [2.75, 3.05) is 13.1 Å². The first kappa shape index (κ1) is 21.9. The summed E-state index contributed by atoms with van der Waals surface area (Å²) in [5, 5.41) is 3.11. The number of amides is 2. The molecular formula is C26H32N4O3. The first-order valence-corrected chi connectivity index (χ1v) is 12.0. The van der Waals surface area contributed by atoms with Crippen molar-refractivity contribution in [1.29, 1.82) is 0 Å². The summed E-state index contributed by atoms with van der Waals surface area (Å²) >= 11 is 0. The molecule has 4 atom stereocenters. The Kier molecular flexibility index (Phi) is 6.06. The average Bonchev–Trinajstić information content (AvgIpc) is 2.81. The summed E-state index contributed by atoms with van der Waals surface area (Å²) in [5.41, 5.74) is 2.92. The third kappa shape index (κ3) is 4.47. The quantitative estimate of drug-likeness (QED) is 0.734. The van der Waals surface area contributed by atoms with Crippen LogP contribution in [-0.2, 0) is 22.7 Å². The number of aryl methyl sites for hydroxylation is 1. The van der Waals surface area contributed by atoms with Crippen molar-refractivity contribution in [3.05, 3.63) is 69.6 Å². The number of H-pyrrole nitrogens is 1. The molecule has 0 aliphatic carbocycles. The Hall–Kier alpha value is -2.93. The number of fused-ring (bicyclic) bond motifs is 4. The van der Waals surface area contributed by atoms with Gasteiger partial charge in [0, 0.05) is 56.3 Å². The van der Waals surface area contributed by atoms with E-state index in [1.165, 1.54) is 5.56 Å². The van der Waals surface area contributed by atoms with Gasteiger partial charge in [-0.3, -0.25) is 19.3 Å². The maximum atomic E-state index is 13.5. The number of likely N-dealkylation sites (tertiary alicyclic amines) is 1. The van der Waals surface area contributed by atoms with Crippen molar-refractivity contribution >= 4 is 11.8 Å². The summed E-state index contributed by atoms with van der Waals surface area (Å²) < 4.78 is 0. The molecule has 0 saturated carbocycles. The molecular weight excluding hydrogens is 416 g/mol. The van der Waals surface area contributed by atoms with Gasteiger partial charge in [0.05, 0.1) is 0 Å². The second kappa shape index (κ2) is 9.14. The highest BCUT2D eigenvalue weighted by atomic mass is 16.2. The molecule has 174 valence electrons. The second-order valence-corrected chi connectivity index (χ2v) is 9.88. The predicted molar refractivity (Wildman–Crippen MR) is 125 cm³/mol. The fraction of sp³-hybridized carbons (Fsp3) is 0.500. The molecule has 5 rings (SSSR count). The van der Waals surface area contributed by atoms with Crippen molar-refractivity contribution in [3.63, 3.8) is 0 Å². The van der Waals surface area contributed by atoms with Gasteiger partial charge < -0.3 is 15.2 Å². The lowest BCUT2D eigenvalue weighted by Crippen LogP contribution is -2.68. The summed E-state index contributed by atoms with van der Waals surface area (Å²) in [7, 11) is 0. The molecule has 1 aromatic heterocycles. The molecule has 33 heavy (non-hydrogen) atoms. The number of benzene rings is 1. The summed E-state index contributed by atoms with van der Waals surface area (Å²) in [6.07, 6.45) is 4.97. The van der Waals surface area contributed by atoms with E-state index in [1.54, 1.807) is 6.20 Å². The van der Waals surface area contributed by atoms with E-state index in [0.29, 0.717) is 32.0 Å². The van der Waals surface area contributed by atoms with Crippen LogP contribution in [0.3, 0.4) is 0 Å². The molecule has 1 aromatic carbocycles. The number of rotatable bonds is 5. The van der Waals surface area contributed by atoms with Crippen LogP contribution in [0.25, 0.3) is 0 Å². The van der Waals surface area contributed by atoms with Crippen LogP contribution in [0, 0.1) is 18.8 Å². The predicted octanol–water partition coefficient (Wildman–Crippen LogP) is 2.20. The number of aromatic amines is 1. The summed E-state index contributed by atoms with van der Waals surface area (Å²) in [6.45, 7) is 4.64. The smallest absolute Gasteiger partial charge is 0.252 e. The molecule has 2 N–H and O–H groups in total. The van der Waals surface area contributed by atoms with Crippen LogP contribution in [-0.4, -0.2) is 51.8 Å². The highest BCUT2D eigenvalue weighted by Gasteiger charge is 2.51. The number of piperidine rings is 3. The van der Waals surface area contributed by atoms with Gasteiger partial charge >= 0.3 is 0 Å². The van der Waals surface area contributed by atoms with E-state index in [0.717, 1.165) is 36.9 Å². The first-order chi connectivity index (χ1) is 16.0. The number of hydrogen-bond acceptors (Lipinski definition) is 4. The van der Waals surface area contributed by atoms with Crippen LogP contribution in [0.15, 0.2) is 47.4 Å². The topological polar surface area (TPSA) is 85.5 Å². The maximum absolute atomic E-state index is 13.5. The highest BCUT2D eigenvalue weighted by molar-refractivity contribution is 5.89. The van der Waals surface area contributed by atoms with Crippen LogP contribution in [0.4, 0.5) is 0 Å². The van der Waals surface area contributed by atoms with Crippen molar-refractivity contribution in [2.45, 2.75) is 57.8 Å². The van der Waals surface area contributed by atoms with Gasteiger partial charge in [-0.15, -0.1) is 0 Å². The van der Waals surface area contributed by atoms with Crippen LogP contribution in [0.2, 0.25) is 0 Å². The van der Waals surface area contributed by atoms with Gasteiger partial charge in [0.1, 0.15) is 6.04 Å². The Morgan fingerprint density at radius 3 is 2.70 bits per heavy atom. The van der Waals surface area contributed by atoms with Gasteiger partial charge in [0.25, 0.3) is 5.56 Å². The van der Waals surface area contributed by atoms with Crippen LogP contribution in [0.1, 0.15) is 42.4 Å². The lowest BCUT2D eigenvalue weighted by Gasteiger charge is -2.55. The number of carbonyl (C=O) groups is 2. The van der Waals surface area contributed by atoms with E-state index in [1.807, 2.05) is 48.2 Å². The summed E-state index contributed by atoms with van der Waals surface area (Å²) in [5.74, 6) is 0.475. The molecule has 7 heteroatoms. The lowest BCUT2D eigenvalue weighted by atomic mass is 9.71. The number of aromatic nitrogens is 1. The van der Waals surface area contributed by atoms with Gasteiger partial charge in [0.15, 0.2) is 0 Å². The van der Waals surface area contributed by atoms with E-state index in [-0.39, 0.29) is 29.3 Å². The molecule has 2 bridgehead atoms. The number of nitrogens with zero attached hydrogens (tertiary/aromatic N) is 2. The summed E-state index contributed by atoms with van der Waals surface area (Å²) in [6, 6.07) is 11.5. The molecule has 0 spiro atoms. The lowest BCUT2D eigenvalue weighted by molar-refractivity contribution is -0.160. The normalized spacial score (nSPS) is 27.2. The van der Waals surface area contributed by atoms with Crippen molar-refractivity contribution < 1.29 is 9.59 Å². The molecule has 2 amide bonds. The van der Waals surface area contributed by atoms with E-state index in [2.05, 4.69) is 15.2 Å². The number of nitrogens with one attached hydrogen (secondary N) is 2. The molecule has 0 unspecified atom stereocenters. The molecule has 7 nitrogen and oxygen atoms in total. The standard InChI is InChI=1S/C26H32N4O3/c1-17-7-9-18(10-8-17)13-28-26(33)24-21-12-20(22-5-2-6-23(31)30(22)24)15-29(16-21)14-19-4-3-11-27-25(19)32/h3-4,7-11,20-22,24H,2,5-6,12-16H2,1H3,(H,27,32)(H,28,33)/t20-,21+,22+,24-/m1/s1. The Balaban J connectivity index is 1.36. The van der Waals surface area contributed by atoms with Crippen molar-refractivity contribution in [3.8, 4) is 0 Å². The Bertz CT molecular complexity index is 1080. The molecule has 4 heterocycles. The minimum atomic E-state index is -0.443. The third-order valence-corrected chi connectivity index (χ3v) is 7.57.